The van der Waals surface area contributed by atoms with Crippen LogP contribution in [0.25, 0.3) is 0 Å². The highest BCUT2D eigenvalue weighted by molar-refractivity contribution is 7.98. The summed E-state index contributed by atoms with van der Waals surface area (Å²) in [6, 6.07) is 12.3. The van der Waals surface area contributed by atoms with Crippen molar-refractivity contribution in [2.75, 3.05) is 42.7 Å². The van der Waals surface area contributed by atoms with Crippen molar-refractivity contribution in [1.82, 2.24) is 4.90 Å². The summed E-state index contributed by atoms with van der Waals surface area (Å²) in [4.78, 5) is 17.7. The molecule has 0 atom stereocenters. The number of hydrogen-bond acceptors (Lipinski definition) is 3. The van der Waals surface area contributed by atoms with Gasteiger partial charge in [-0.1, -0.05) is 23.7 Å². The molecule has 25 heavy (non-hydrogen) atoms. The molecule has 132 valence electrons. The summed E-state index contributed by atoms with van der Waals surface area (Å²) < 4.78 is 13.2. The van der Waals surface area contributed by atoms with Gasteiger partial charge in [0.25, 0.3) is 0 Å². The van der Waals surface area contributed by atoms with Gasteiger partial charge in [-0.2, -0.15) is 0 Å². The lowest BCUT2D eigenvalue weighted by Crippen LogP contribution is -2.50. The second-order valence-electron chi connectivity index (χ2n) is 5.70. The average molecular weight is 380 g/mol. The lowest BCUT2D eigenvalue weighted by Gasteiger charge is -2.36. The Morgan fingerprint density at radius 1 is 1.16 bits per heavy atom. The van der Waals surface area contributed by atoms with Crippen molar-refractivity contribution in [2.24, 2.45) is 0 Å². The zero-order valence-electron chi connectivity index (χ0n) is 13.8. The Hall–Kier alpha value is -1.92. The summed E-state index contributed by atoms with van der Waals surface area (Å²) in [7, 11) is 0. The molecule has 7 heteroatoms. The first-order chi connectivity index (χ1) is 12.1. The lowest BCUT2D eigenvalue weighted by atomic mass is 10.2. The lowest BCUT2D eigenvalue weighted by molar-refractivity contribution is 0.208. The standard InChI is InChI=1S/C18H19ClFN3OS/c1-25-17-5-3-2-4-16(17)22-8-10-23(11-9-22)18(24)21-13-6-7-15(20)14(19)12-13/h2-7,12H,8-11H2,1H3,(H,21,24). The first-order valence-electron chi connectivity index (χ1n) is 7.97. The van der Waals surface area contributed by atoms with Crippen molar-refractivity contribution in [3.05, 3.63) is 53.3 Å². The van der Waals surface area contributed by atoms with Crippen LogP contribution >= 0.6 is 23.4 Å². The third-order valence-corrected chi connectivity index (χ3v) is 5.24. The molecular weight excluding hydrogens is 361 g/mol. The van der Waals surface area contributed by atoms with E-state index in [-0.39, 0.29) is 11.1 Å². The summed E-state index contributed by atoms with van der Waals surface area (Å²) in [6.07, 6.45) is 2.07. The van der Waals surface area contributed by atoms with Gasteiger partial charge in [0, 0.05) is 36.8 Å². The van der Waals surface area contributed by atoms with Gasteiger partial charge in [0.1, 0.15) is 5.82 Å². The molecule has 1 saturated heterocycles. The highest BCUT2D eigenvalue weighted by Crippen LogP contribution is 2.29. The number of halogens is 2. The van der Waals surface area contributed by atoms with E-state index in [0.717, 1.165) is 13.1 Å². The highest BCUT2D eigenvalue weighted by atomic mass is 35.5. The van der Waals surface area contributed by atoms with Gasteiger partial charge in [-0.25, -0.2) is 9.18 Å². The quantitative estimate of drug-likeness (QED) is 0.794. The second kappa shape index (κ2) is 7.97. The number of carbonyl (C=O) groups is 1. The van der Waals surface area contributed by atoms with E-state index in [2.05, 4.69) is 28.6 Å². The number of para-hydroxylation sites is 1. The molecule has 2 aromatic rings. The fraction of sp³-hybridized carbons (Fsp3) is 0.278. The number of benzene rings is 2. The first-order valence-corrected chi connectivity index (χ1v) is 9.57. The Labute approximate surface area is 155 Å². The third kappa shape index (κ3) is 4.19. The first kappa shape index (κ1) is 17.9. The summed E-state index contributed by atoms with van der Waals surface area (Å²) >= 11 is 7.47. The Kier molecular flexibility index (Phi) is 5.71. The topological polar surface area (TPSA) is 35.6 Å². The minimum absolute atomic E-state index is 0.00343. The minimum atomic E-state index is -0.499. The van der Waals surface area contributed by atoms with Gasteiger partial charge in [-0.05, 0) is 36.6 Å². The minimum Gasteiger partial charge on any atom is -0.367 e. The van der Waals surface area contributed by atoms with E-state index in [1.54, 1.807) is 16.7 Å². The molecule has 0 radical (unpaired) electrons. The number of anilines is 2. The SMILES string of the molecule is CSc1ccccc1N1CCN(C(=O)Nc2ccc(F)c(Cl)c2)CC1. The Morgan fingerprint density at radius 2 is 1.88 bits per heavy atom. The normalized spacial score (nSPS) is 14.5. The molecule has 0 aliphatic carbocycles. The molecular formula is C18H19ClFN3OS. The number of rotatable bonds is 3. The van der Waals surface area contributed by atoms with Crippen molar-refractivity contribution in [1.29, 1.82) is 0 Å². The summed E-state index contributed by atoms with van der Waals surface area (Å²) in [5, 5.41) is 2.77. The van der Waals surface area contributed by atoms with Gasteiger partial charge in [0.15, 0.2) is 0 Å². The van der Waals surface area contributed by atoms with Crippen LogP contribution in [0.4, 0.5) is 20.6 Å². The molecule has 2 aromatic carbocycles. The molecule has 4 nitrogen and oxygen atoms in total. The van der Waals surface area contributed by atoms with E-state index >= 15 is 0 Å². The maximum atomic E-state index is 13.2. The molecule has 1 aliphatic rings. The number of nitrogens with one attached hydrogen (secondary N) is 1. The number of urea groups is 1. The van der Waals surface area contributed by atoms with Gasteiger partial charge in [0.05, 0.1) is 10.7 Å². The maximum Gasteiger partial charge on any atom is 0.321 e. The Bertz CT molecular complexity index is 766. The van der Waals surface area contributed by atoms with Crippen LogP contribution in [0.2, 0.25) is 5.02 Å². The highest BCUT2D eigenvalue weighted by Gasteiger charge is 2.22. The van der Waals surface area contributed by atoms with E-state index < -0.39 is 5.82 Å². The molecule has 0 aromatic heterocycles. The number of nitrogens with zero attached hydrogens (tertiary/aromatic N) is 2. The molecule has 0 spiro atoms. The molecule has 1 fully saturated rings. The van der Waals surface area contributed by atoms with Crippen LogP contribution in [-0.2, 0) is 0 Å². The van der Waals surface area contributed by atoms with Crippen LogP contribution in [0.5, 0.6) is 0 Å². The summed E-state index contributed by atoms with van der Waals surface area (Å²) in [5.74, 6) is -0.499. The van der Waals surface area contributed by atoms with Gasteiger partial charge in [0.2, 0.25) is 0 Å². The van der Waals surface area contributed by atoms with E-state index in [9.17, 15) is 9.18 Å². The number of piperazine rings is 1. The summed E-state index contributed by atoms with van der Waals surface area (Å²) in [5.41, 5.74) is 1.70. The number of thioether (sulfide) groups is 1. The zero-order valence-corrected chi connectivity index (χ0v) is 15.4. The fourth-order valence-electron chi connectivity index (χ4n) is 2.82. The number of carbonyl (C=O) groups excluding carboxylic acids is 1. The van der Waals surface area contributed by atoms with Gasteiger partial charge < -0.3 is 15.1 Å². The molecule has 0 bridgehead atoms. The Balaban J connectivity index is 1.60. The van der Waals surface area contributed by atoms with Crippen LogP contribution in [0, 0.1) is 5.82 Å². The van der Waals surface area contributed by atoms with Gasteiger partial charge in [-0.3, -0.25) is 0 Å². The van der Waals surface area contributed by atoms with Crippen LogP contribution in [0.3, 0.4) is 0 Å². The molecule has 1 heterocycles. The molecule has 0 saturated carbocycles. The smallest absolute Gasteiger partial charge is 0.321 e. The van der Waals surface area contributed by atoms with Crippen molar-refractivity contribution in [3.8, 4) is 0 Å². The fourth-order valence-corrected chi connectivity index (χ4v) is 3.62. The van der Waals surface area contributed by atoms with Crippen LogP contribution in [0.15, 0.2) is 47.4 Å². The van der Waals surface area contributed by atoms with Crippen molar-refractivity contribution in [3.63, 3.8) is 0 Å². The van der Waals surface area contributed by atoms with Crippen molar-refractivity contribution in [2.45, 2.75) is 4.90 Å². The zero-order chi connectivity index (χ0) is 17.8. The molecule has 0 unspecified atom stereocenters. The van der Waals surface area contributed by atoms with Gasteiger partial charge >= 0.3 is 6.03 Å². The van der Waals surface area contributed by atoms with Crippen LogP contribution < -0.4 is 10.2 Å². The predicted molar refractivity (Wildman–Crippen MR) is 102 cm³/mol. The Morgan fingerprint density at radius 3 is 2.56 bits per heavy atom. The van der Waals surface area contributed by atoms with E-state index in [1.807, 2.05) is 12.1 Å². The average Bonchev–Trinajstić information content (AvgIpc) is 2.65. The van der Waals surface area contributed by atoms with E-state index in [0.29, 0.717) is 18.8 Å². The van der Waals surface area contributed by atoms with Crippen molar-refractivity contribution < 1.29 is 9.18 Å². The van der Waals surface area contributed by atoms with Crippen LogP contribution in [0.1, 0.15) is 0 Å². The largest absolute Gasteiger partial charge is 0.367 e. The second-order valence-corrected chi connectivity index (χ2v) is 6.96. The summed E-state index contributed by atoms with van der Waals surface area (Å²) in [6.45, 7) is 2.80. The predicted octanol–water partition coefficient (Wildman–Crippen LogP) is 4.56. The van der Waals surface area contributed by atoms with E-state index in [1.165, 1.54) is 28.8 Å². The maximum absolute atomic E-state index is 13.2. The molecule has 3 rings (SSSR count). The number of amides is 2. The third-order valence-electron chi connectivity index (χ3n) is 4.16. The van der Waals surface area contributed by atoms with E-state index in [4.69, 9.17) is 11.6 Å². The number of hydrogen-bond donors (Lipinski definition) is 1. The molecule has 1 aliphatic heterocycles. The monoisotopic (exact) mass is 379 g/mol. The van der Waals surface area contributed by atoms with Gasteiger partial charge in [-0.15, -0.1) is 11.8 Å². The van der Waals surface area contributed by atoms with Crippen LogP contribution in [-0.4, -0.2) is 43.4 Å². The molecule has 1 N–H and O–H groups in total. The molecule has 2 amide bonds. The van der Waals surface area contributed by atoms with Crippen molar-refractivity contribution >= 4 is 40.8 Å².